The Balaban J connectivity index is 2.98. The summed E-state index contributed by atoms with van der Waals surface area (Å²) in [7, 11) is -17.0. The zero-order chi connectivity index (χ0) is 43.0. The van der Waals surface area contributed by atoms with E-state index in [9.17, 15) is 0 Å². The van der Waals surface area contributed by atoms with Crippen molar-refractivity contribution in [1.82, 2.24) is 0 Å². The van der Waals surface area contributed by atoms with E-state index in [4.69, 9.17) is 49.6 Å². The molecule has 2 heterocycles. The third-order valence-electron chi connectivity index (χ3n) is 7.86. The predicted octanol–water partition coefficient (Wildman–Crippen LogP) is 9.48. The van der Waals surface area contributed by atoms with Gasteiger partial charge in [0.2, 0.25) is 5.79 Å². The summed E-state index contributed by atoms with van der Waals surface area (Å²) in [6.07, 6.45) is -4.49. The molecule has 328 valence electrons. The predicted molar refractivity (Wildman–Crippen MR) is 246 cm³/mol. The molecule has 11 nitrogen and oxygen atoms in total. The highest BCUT2D eigenvalue weighted by molar-refractivity contribution is 6.72. The van der Waals surface area contributed by atoms with E-state index in [1.807, 2.05) is 0 Å². The fourth-order valence-electron chi connectivity index (χ4n) is 6.21. The Kier molecular flexibility index (Phi) is 17.9. The Morgan fingerprint density at radius 3 is 1.15 bits per heavy atom. The lowest BCUT2D eigenvalue weighted by molar-refractivity contribution is -0.376. The Morgan fingerprint density at radius 2 is 0.745 bits per heavy atom. The van der Waals surface area contributed by atoms with Crippen molar-refractivity contribution in [1.29, 1.82) is 0 Å². The zero-order valence-corrected chi connectivity index (χ0v) is 47.7. The summed E-state index contributed by atoms with van der Waals surface area (Å²) < 4.78 is 77.8. The second-order valence-electron chi connectivity index (χ2n) is 23.3. The molecule has 0 radical (unpaired) electrons. The Morgan fingerprint density at radius 1 is 0.382 bits per heavy atom. The lowest BCUT2D eigenvalue weighted by Crippen LogP contribution is -2.68. The van der Waals surface area contributed by atoms with E-state index >= 15 is 0 Å². The Labute approximate surface area is 346 Å². The fourth-order valence-corrected chi connectivity index (χ4v) is 13.6. The first-order chi connectivity index (χ1) is 24.2. The second-order valence-corrected chi connectivity index (χ2v) is 59.1. The molecule has 19 heteroatoms. The second kappa shape index (κ2) is 18.7. The third kappa shape index (κ3) is 19.7. The van der Waals surface area contributed by atoms with E-state index in [1.165, 1.54) is 0 Å². The highest BCUT2D eigenvalue weighted by Crippen LogP contribution is 2.44. The number of rotatable bonds is 21. The summed E-state index contributed by atoms with van der Waals surface area (Å²) in [5, 5.41) is 0. The minimum absolute atomic E-state index is 0.136. The fraction of sp³-hybridized carbons (Fsp3) is 1.00. The molecular formula is C36H86O11Si8. The van der Waals surface area contributed by atoms with Crippen molar-refractivity contribution < 1.29 is 49.6 Å². The molecule has 0 bridgehead atoms. The average Bonchev–Trinajstić information content (AvgIpc) is 3.15. The number of ether oxygens (including phenoxy) is 3. The summed E-state index contributed by atoms with van der Waals surface area (Å²) in [5.41, 5.74) is 0. The monoisotopic (exact) mass is 918 g/mol. The summed E-state index contributed by atoms with van der Waals surface area (Å²) >= 11 is 0. The molecule has 0 N–H and O–H groups in total. The SMILES string of the molecule is C[Si](C)(C)OCC1O[C@@H](O[C@]2(CO[Si](C)(C)C)O[C@H](CO[Si](C)(C)C)C(O[Si](C)(C)C)[C@H]2O[Si](C)(C)C)C(O[Si](C)(C)C)[C@H](O[Si](C)(C)C)[C@@H]1O[Si](C)(C)C. The van der Waals surface area contributed by atoms with Crippen molar-refractivity contribution in [2.75, 3.05) is 19.8 Å². The lowest BCUT2D eigenvalue weighted by Gasteiger charge is -2.52. The van der Waals surface area contributed by atoms with E-state index in [0.717, 1.165) is 0 Å². The minimum atomic E-state index is -2.26. The van der Waals surface area contributed by atoms with Crippen molar-refractivity contribution in [2.45, 2.75) is 212 Å². The maximum Gasteiger partial charge on any atom is 0.221 e. The van der Waals surface area contributed by atoms with Gasteiger partial charge in [-0.2, -0.15) is 0 Å². The third-order valence-corrected chi connectivity index (χ3v) is 15.8. The van der Waals surface area contributed by atoms with Gasteiger partial charge >= 0.3 is 0 Å². The van der Waals surface area contributed by atoms with Crippen LogP contribution in [0.4, 0.5) is 0 Å². The largest absolute Gasteiger partial charge is 0.415 e. The topological polar surface area (TPSA) is 102 Å². The van der Waals surface area contributed by atoms with Crippen LogP contribution in [0.1, 0.15) is 0 Å². The molecule has 0 aromatic rings. The van der Waals surface area contributed by atoms with Crippen LogP contribution in [0, 0.1) is 0 Å². The van der Waals surface area contributed by atoms with Crippen LogP contribution in [0.2, 0.25) is 157 Å². The molecule has 2 saturated heterocycles. The van der Waals surface area contributed by atoms with Crippen molar-refractivity contribution in [3.05, 3.63) is 0 Å². The van der Waals surface area contributed by atoms with E-state index in [-0.39, 0.29) is 6.61 Å². The molecule has 2 aliphatic rings. The van der Waals surface area contributed by atoms with Crippen LogP contribution in [0.3, 0.4) is 0 Å². The van der Waals surface area contributed by atoms with Gasteiger partial charge < -0.3 is 49.6 Å². The van der Waals surface area contributed by atoms with Crippen LogP contribution < -0.4 is 0 Å². The normalized spacial score (nSPS) is 31.0. The molecule has 3 unspecified atom stereocenters. The van der Waals surface area contributed by atoms with E-state index in [0.29, 0.717) is 13.2 Å². The number of hydrogen-bond acceptors (Lipinski definition) is 11. The molecule has 0 aromatic carbocycles. The molecule has 0 saturated carbocycles. The van der Waals surface area contributed by atoms with Gasteiger partial charge in [-0.15, -0.1) is 0 Å². The quantitative estimate of drug-likeness (QED) is 0.103. The Bertz CT molecular complexity index is 1190. The first-order valence-electron chi connectivity index (χ1n) is 20.5. The van der Waals surface area contributed by atoms with Gasteiger partial charge in [0.1, 0.15) is 42.7 Å². The van der Waals surface area contributed by atoms with Crippen LogP contribution in [0.25, 0.3) is 0 Å². The van der Waals surface area contributed by atoms with Crippen LogP contribution in [0.5, 0.6) is 0 Å². The summed E-state index contributed by atoms with van der Waals surface area (Å²) in [5.74, 6) is -1.41. The van der Waals surface area contributed by atoms with Gasteiger partial charge in [-0.25, -0.2) is 0 Å². The van der Waals surface area contributed by atoms with Crippen LogP contribution in [-0.2, 0) is 49.6 Å². The number of hydrogen-bond donors (Lipinski definition) is 0. The van der Waals surface area contributed by atoms with Gasteiger partial charge in [0.25, 0.3) is 0 Å². The smallest absolute Gasteiger partial charge is 0.221 e. The maximum absolute atomic E-state index is 7.53. The molecule has 55 heavy (non-hydrogen) atoms. The molecule has 2 fully saturated rings. The standard InChI is InChI=1S/C36H86O11Si8/c1-48(2,3)37-25-28-30(43-51(10,11)12)32(45-53(16,17)18)33(46-54(19,20)21)35(40-28)42-36(27-39-50(7,8)9)34(47-55(22,23)24)31(44-52(13,14)15)29(41-36)26-38-49(4,5)6/h28-35H,25-27H2,1-24H3/t28?,29-,30-,31?,32-,33?,34-,35+,36+/m1/s1. The minimum Gasteiger partial charge on any atom is -0.415 e. The highest BCUT2D eigenvalue weighted by atomic mass is 28.4. The Hall–Kier alpha value is 1.30. The van der Waals surface area contributed by atoms with Crippen molar-refractivity contribution in [2.24, 2.45) is 0 Å². The molecule has 0 amide bonds. The molecule has 0 aliphatic carbocycles. The lowest BCUT2D eigenvalue weighted by atomic mass is 9.99. The van der Waals surface area contributed by atoms with Gasteiger partial charge in [0.15, 0.2) is 72.8 Å². The summed E-state index contributed by atoms with van der Waals surface area (Å²) in [6, 6.07) is 0. The first-order valence-corrected chi connectivity index (χ1v) is 47.8. The van der Waals surface area contributed by atoms with Crippen LogP contribution in [-0.4, -0.2) is 141 Å². The van der Waals surface area contributed by atoms with Gasteiger partial charge in [-0.1, -0.05) is 0 Å². The first kappa shape index (κ1) is 52.4. The highest BCUT2D eigenvalue weighted by Gasteiger charge is 2.63. The van der Waals surface area contributed by atoms with Crippen molar-refractivity contribution in [3.8, 4) is 0 Å². The van der Waals surface area contributed by atoms with Gasteiger partial charge in [-0.05, 0) is 157 Å². The molecule has 2 rings (SSSR count). The summed E-state index contributed by atoms with van der Waals surface area (Å²) in [4.78, 5) is 0. The molecule has 0 aromatic heterocycles. The van der Waals surface area contributed by atoms with E-state index in [1.54, 1.807) is 0 Å². The van der Waals surface area contributed by atoms with E-state index < -0.39 is 121 Å². The average molecular weight is 920 g/mol. The van der Waals surface area contributed by atoms with Crippen LogP contribution >= 0.6 is 0 Å². The molecular weight excluding hydrogens is 833 g/mol. The van der Waals surface area contributed by atoms with E-state index in [2.05, 4.69) is 157 Å². The molecule has 2 aliphatic heterocycles. The maximum atomic E-state index is 7.53. The van der Waals surface area contributed by atoms with Gasteiger partial charge in [-0.3, -0.25) is 0 Å². The van der Waals surface area contributed by atoms with Crippen molar-refractivity contribution in [3.63, 3.8) is 0 Å². The van der Waals surface area contributed by atoms with Crippen LogP contribution in [0.15, 0.2) is 0 Å². The van der Waals surface area contributed by atoms with Gasteiger partial charge in [0.05, 0.1) is 19.8 Å². The summed E-state index contributed by atoms with van der Waals surface area (Å²) in [6.45, 7) is 53.6. The van der Waals surface area contributed by atoms with Crippen molar-refractivity contribution >= 4 is 66.5 Å². The molecule has 0 spiro atoms. The molecule has 9 atom stereocenters. The van der Waals surface area contributed by atoms with Gasteiger partial charge in [0, 0.05) is 0 Å². The zero-order valence-electron chi connectivity index (χ0n) is 39.7.